The van der Waals surface area contributed by atoms with Crippen molar-refractivity contribution in [2.75, 3.05) is 0 Å². The quantitative estimate of drug-likeness (QED) is 0.779. The molecule has 0 radical (unpaired) electrons. The molecule has 1 rings (SSSR count). The van der Waals surface area contributed by atoms with Crippen LogP contribution in [0, 0.1) is 0 Å². The predicted octanol–water partition coefficient (Wildman–Crippen LogP) is 0.613. The molecule has 0 aliphatic carbocycles. The van der Waals surface area contributed by atoms with Crippen molar-refractivity contribution < 1.29 is 18.3 Å². The highest BCUT2D eigenvalue weighted by Crippen LogP contribution is 2.08. The Bertz CT molecular complexity index is 472. The molecular weight excluding hydrogens is 244 g/mol. The summed E-state index contributed by atoms with van der Waals surface area (Å²) < 4.78 is 26.0. The Kier molecular flexibility index (Phi) is 4.59. The molecule has 0 saturated carbocycles. The summed E-state index contributed by atoms with van der Waals surface area (Å²) in [5.41, 5.74) is 0. The molecule has 0 aliphatic rings. The van der Waals surface area contributed by atoms with Gasteiger partial charge in [-0.15, -0.1) is 0 Å². The first-order valence-corrected chi connectivity index (χ1v) is 6.54. The third-order valence-electron chi connectivity index (χ3n) is 2.09. The van der Waals surface area contributed by atoms with E-state index >= 15 is 0 Å². The molecule has 0 saturated heterocycles. The van der Waals surface area contributed by atoms with Gasteiger partial charge in [-0.3, -0.25) is 9.78 Å². The molecule has 0 aromatic carbocycles. The van der Waals surface area contributed by atoms with Crippen LogP contribution in [0.4, 0.5) is 0 Å². The maximum Gasteiger partial charge on any atom is 0.303 e. The third-order valence-corrected chi connectivity index (χ3v) is 3.67. The topological polar surface area (TPSA) is 96.4 Å². The van der Waals surface area contributed by atoms with Crippen LogP contribution < -0.4 is 4.72 Å². The van der Waals surface area contributed by atoms with Crippen LogP contribution in [0.1, 0.15) is 19.8 Å². The summed E-state index contributed by atoms with van der Waals surface area (Å²) in [6.45, 7) is 1.62. The van der Waals surface area contributed by atoms with E-state index in [-0.39, 0.29) is 17.7 Å². The smallest absolute Gasteiger partial charge is 0.303 e. The van der Waals surface area contributed by atoms with Gasteiger partial charge in [-0.2, -0.15) is 0 Å². The second-order valence-electron chi connectivity index (χ2n) is 3.64. The molecule has 1 aromatic heterocycles. The van der Waals surface area contributed by atoms with Gasteiger partial charge in [-0.25, -0.2) is 13.1 Å². The van der Waals surface area contributed by atoms with Gasteiger partial charge >= 0.3 is 5.97 Å². The average molecular weight is 258 g/mol. The van der Waals surface area contributed by atoms with Crippen LogP contribution in [-0.4, -0.2) is 30.5 Å². The van der Waals surface area contributed by atoms with E-state index in [2.05, 4.69) is 9.71 Å². The number of sulfonamides is 1. The summed E-state index contributed by atoms with van der Waals surface area (Å²) >= 11 is 0. The summed E-state index contributed by atoms with van der Waals surface area (Å²) in [7, 11) is -3.61. The van der Waals surface area contributed by atoms with Crippen LogP contribution in [0.15, 0.2) is 29.4 Å². The standard InChI is InChI=1S/C10H14N2O4S/c1-8(4-5-10(13)14)12-17(15,16)9-3-2-6-11-7-9/h2-3,6-8,12H,4-5H2,1H3,(H,13,14). The molecule has 0 amide bonds. The first-order valence-electron chi connectivity index (χ1n) is 5.06. The molecule has 1 aromatic rings. The Morgan fingerprint density at radius 2 is 2.29 bits per heavy atom. The lowest BCUT2D eigenvalue weighted by Gasteiger charge is -2.12. The summed E-state index contributed by atoms with van der Waals surface area (Å²) in [5, 5.41) is 8.49. The molecule has 0 fully saturated rings. The fourth-order valence-corrected chi connectivity index (χ4v) is 2.48. The maximum atomic E-state index is 11.8. The van der Waals surface area contributed by atoms with Crippen molar-refractivity contribution >= 4 is 16.0 Å². The van der Waals surface area contributed by atoms with Gasteiger partial charge in [0.1, 0.15) is 4.90 Å². The molecule has 1 unspecified atom stereocenters. The maximum absolute atomic E-state index is 11.8. The number of pyridine rings is 1. The Morgan fingerprint density at radius 1 is 1.59 bits per heavy atom. The third kappa shape index (κ3) is 4.49. The van der Waals surface area contributed by atoms with Gasteiger partial charge < -0.3 is 5.11 Å². The molecule has 17 heavy (non-hydrogen) atoms. The molecular formula is C10H14N2O4S. The van der Waals surface area contributed by atoms with Crippen molar-refractivity contribution in [3.8, 4) is 0 Å². The van der Waals surface area contributed by atoms with E-state index in [0.717, 1.165) is 0 Å². The second kappa shape index (κ2) is 5.74. The van der Waals surface area contributed by atoms with Crippen molar-refractivity contribution in [2.24, 2.45) is 0 Å². The number of hydrogen-bond donors (Lipinski definition) is 2. The number of aliphatic carboxylic acids is 1. The fraction of sp³-hybridized carbons (Fsp3) is 0.400. The zero-order chi connectivity index (χ0) is 12.9. The predicted molar refractivity (Wildman–Crippen MR) is 60.9 cm³/mol. The van der Waals surface area contributed by atoms with Gasteiger partial charge in [0, 0.05) is 24.9 Å². The minimum atomic E-state index is -3.61. The highest BCUT2D eigenvalue weighted by Gasteiger charge is 2.17. The summed E-state index contributed by atoms with van der Waals surface area (Å²) in [6, 6.07) is 2.52. The lowest BCUT2D eigenvalue weighted by atomic mass is 10.2. The molecule has 0 aliphatic heterocycles. The van der Waals surface area contributed by atoms with Crippen molar-refractivity contribution in [2.45, 2.75) is 30.7 Å². The number of rotatable bonds is 6. The zero-order valence-corrected chi connectivity index (χ0v) is 10.1. The van der Waals surface area contributed by atoms with E-state index in [4.69, 9.17) is 5.11 Å². The van der Waals surface area contributed by atoms with E-state index in [1.165, 1.54) is 24.5 Å². The highest BCUT2D eigenvalue weighted by molar-refractivity contribution is 7.89. The van der Waals surface area contributed by atoms with Crippen LogP contribution in [0.2, 0.25) is 0 Å². The Labute approximate surface area is 99.7 Å². The lowest BCUT2D eigenvalue weighted by Crippen LogP contribution is -2.33. The highest BCUT2D eigenvalue weighted by atomic mass is 32.2. The molecule has 2 N–H and O–H groups in total. The van der Waals surface area contributed by atoms with E-state index in [1.54, 1.807) is 6.92 Å². The van der Waals surface area contributed by atoms with Gasteiger partial charge in [0.15, 0.2) is 0 Å². The Morgan fingerprint density at radius 3 is 2.82 bits per heavy atom. The molecule has 0 bridgehead atoms. The molecule has 94 valence electrons. The van der Waals surface area contributed by atoms with Crippen molar-refractivity contribution in [3.63, 3.8) is 0 Å². The van der Waals surface area contributed by atoms with Crippen LogP contribution in [0.25, 0.3) is 0 Å². The summed E-state index contributed by atoms with van der Waals surface area (Å²) in [5.74, 6) is -0.947. The normalized spacial score (nSPS) is 13.2. The number of carbonyl (C=O) groups is 1. The van der Waals surface area contributed by atoms with E-state index in [1.807, 2.05) is 0 Å². The van der Waals surface area contributed by atoms with Gasteiger partial charge in [-0.05, 0) is 25.5 Å². The number of nitrogens with zero attached hydrogens (tertiary/aromatic N) is 1. The minimum absolute atomic E-state index is 0.0715. The van der Waals surface area contributed by atoms with Crippen molar-refractivity contribution in [1.82, 2.24) is 9.71 Å². The van der Waals surface area contributed by atoms with Crippen LogP contribution >= 0.6 is 0 Å². The lowest BCUT2D eigenvalue weighted by molar-refractivity contribution is -0.137. The molecule has 0 spiro atoms. The summed E-state index contributed by atoms with van der Waals surface area (Å²) in [4.78, 5) is 14.1. The second-order valence-corrected chi connectivity index (χ2v) is 5.36. The van der Waals surface area contributed by atoms with Gasteiger partial charge in [0.05, 0.1) is 0 Å². The molecule has 1 atom stereocenters. The van der Waals surface area contributed by atoms with Crippen LogP contribution in [0.5, 0.6) is 0 Å². The number of nitrogens with one attached hydrogen (secondary N) is 1. The first kappa shape index (κ1) is 13.6. The van der Waals surface area contributed by atoms with Gasteiger partial charge in [0.25, 0.3) is 0 Å². The number of hydrogen-bond acceptors (Lipinski definition) is 4. The number of carboxylic acids is 1. The fourth-order valence-electron chi connectivity index (χ4n) is 1.24. The SMILES string of the molecule is CC(CCC(=O)O)NS(=O)(=O)c1cccnc1. The first-order chi connectivity index (χ1) is 7.92. The molecule has 7 heteroatoms. The number of carboxylic acid groups (broad SMARTS) is 1. The van der Waals surface area contributed by atoms with Crippen molar-refractivity contribution in [1.29, 1.82) is 0 Å². The Hall–Kier alpha value is -1.47. The zero-order valence-electron chi connectivity index (χ0n) is 9.33. The van der Waals surface area contributed by atoms with E-state index in [0.29, 0.717) is 0 Å². The molecule has 6 nitrogen and oxygen atoms in total. The van der Waals surface area contributed by atoms with Gasteiger partial charge in [0.2, 0.25) is 10.0 Å². The van der Waals surface area contributed by atoms with Crippen molar-refractivity contribution in [3.05, 3.63) is 24.5 Å². The van der Waals surface area contributed by atoms with Crippen LogP contribution in [0.3, 0.4) is 0 Å². The van der Waals surface area contributed by atoms with E-state index in [9.17, 15) is 13.2 Å². The van der Waals surface area contributed by atoms with Gasteiger partial charge in [-0.1, -0.05) is 0 Å². The molecule has 1 heterocycles. The van der Waals surface area contributed by atoms with E-state index < -0.39 is 22.0 Å². The summed E-state index contributed by atoms with van der Waals surface area (Å²) in [6.07, 6.45) is 2.89. The largest absolute Gasteiger partial charge is 0.481 e. The number of aromatic nitrogens is 1. The van der Waals surface area contributed by atoms with Crippen LogP contribution in [-0.2, 0) is 14.8 Å². The minimum Gasteiger partial charge on any atom is -0.481 e. The Balaban J connectivity index is 2.64. The average Bonchev–Trinajstić information content (AvgIpc) is 2.27. The monoisotopic (exact) mass is 258 g/mol.